The highest BCUT2D eigenvalue weighted by atomic mass is 35.5. The molecule has 0 aromatic carbocycles. The van der Waals surface area contributed by atoms with E-state index in [1.165, 1.54) is 5.00 Å². The maximum atomic E-state index is 5.46. The van der Waals surface area contributed by atoms with Crippen molar-refractivity contribution < 1.29 is 0 Å². The maximum Gasteiger partial charge on any atom is 0.0882 e. The predicted octanol–water partition coefficient (Wildman–Crippen LogP) is 2.40. The van der Waals surface area contributed by atoms with E-state index in [9.17, 15) is 0 Å². The molecule has 1 rings (SSSR count). The van der Waals surface area contributed by atoms with Gasteiger partial charge in [-0.3, -0.25) is 0 Å². The Morgan fingerprint density at radius 2 is 2.56 bits per heavy atom. The summed E-state index contributed by atoms with van der Waals surface area (Å²) in [7, 11) is 0. The molecule has 0 aliphatic heterocycles. The molecule has 3 heteroatoms. The molecule has 0 saturated heterocycles. The zero-order valence-electron chi connectivity index (χ0n) is 4.93. The third-order valence-corrected chi connectivity index (χ3v) is 1.93. The first-order chi connectivity index (χ1) is 4.43. The van der Waals surface area contributed by atoms with Crippen LogP contribution in [0.25, 0.3) is 0 Å². The van der Waals surface area contributed by atoms with E-state index in [1.807, 2.05) is 17.5 Å². The van der Waals surface area contributed by atoms with Gasteiger partial charge in [0.1, 0.15) is 0 Å². The molecular formula is C6H8ClNS. The fourth-order valence-corrected chi connectivity index (χ4v) is 1.29. The second-order valence-corrected chi connectivity index (χ2v) is 2.92. The summed E-state index contributed by atoms with van der Waals surface area (Å²) in [5.74, 6) is 0.665. The summed E-state index contributed by atoms with van der Waals surface area (Å²) in [6.07, 6.45) is 0. The zero-order chi connectivity index (χ0) is 6.53. The molecule has 0 aliphatic carbocycles. The van der Waals surface area contributed by atoms with Crippen LogP contribution in [-0.2, 0) is 0 Å². The van der Waals surface area contributed by atoms with Gasteiger partial charge in [0.05, 0.1) is 5.00 Å². The Morgan fingerprint density at radius 1 is 1.67 bits per heavy atom. The largest absolute Gasteiger partial charge is 0.376 e. The van der Waals surface area contributed by atoms with Crippen LogP contribution in [0.1, 0.15) is 0 Å². The average molecular weight is 162 g/mol. The molecule has 0 saturated carbocycles. The summed E-state index contributed by atoms with van der Waals surface area (Å²) in [5, 5.41) is 6.39. The summed E-state index contributed by atoms with van der Waals surface area (Å²) in [6.45, 7) is 0.849. The lowest BCUT2D eigenvalue weighted by molar-refractivity contribution is 1.24. The molecule has 0 amide bonds. The van der Waals surface area contributed by atoms with Crippen LogP contribution < -0.4 is 5.32 Å². The Kier molecular flexibility index (Phi) is 2.87. The number of alkyl halides is 1. The number of nitrogens with one attached hydrogen (secondary N) is 1. The Hall–Kier alpha value is -0.210. The summed E-state index contributed by atoms with van der Waals surface area (Å²) in [4.78, 5) is 0. The van der Waals surface area contributed by atoms with Crippen molar-refractivity contribution >= 4 is 27.9 Å². The van der Waals surface area contributed by atoms with Gasteiger partial charge in [-0.15, -0.1) is 22.9 Å². The Morgan fingerprint density at radius 3 is 3.11 bits per heavy atom. The first-order valence-electron chi connectivity index (χ1n) is 2.77. The first kappa shape index (κ1) is 6.90. The van der Waals surface area contributed by atoms with Gasteiger partial charge >= 0.3 is 0 Å². The standard InChI is InChI=1S/C6H8ClNS/c7-3-4-8-6-2-1-5-9-6/h1-2,5,8H,3-4H2. The van der Waals surface area contributed by atoms with Gasteiger partial charge in [0.25, 0.3) is 0 Å². The number of anilines is 1. The third kappa shape index (κ3) is 2.24. The van der Waals surface area contributed by atoms with Crippen LogP contribution in [0.15, 0.2) is 17.5 Å². The SMILES string of the molecule is ClCCNc1cccs1. The molecule has 0 aliphatic rings. The number of halogens is 1. The number of hydrogen-bond acceptors (Lipinski definition) is 2. The Labute approximate surface area is 63.7 Å². The lowest BCUT2D eigenvalue weighted by Crippen LogP contribution is -1.99. The third-order valence-electron chi connectivity index (χ3n) is 0.915. The molecule has 50 valence electrons. The lowest BCUT2D eigenvalue weighted by Gasteiger charge is -1.96. The molecule has 0 bridgehead atoms. The summed E-state index contributed by atoms with van der Waals surface area (Å²) in [6, 6.07) is 4.05. The van der Waals surface area contributed by atoms with Crippen molar-refractivity contribution in [1.29, 1.82) is 0 Å². The minimum Gasteiger partial charge on any atom is -0.376 e. The summed E-state index contributed by atoms with van der Waals surface area (Å²) in [5.41, 5.74) is 0. The van der Waals surface area contributed by atoms with Gasteiger partial charge < -0.3 is 5.32 Å². The smallest absolute Gasteiger partial charge is 0.0882 e. The van der Waals surface area contributed by atoms with Gasteiger partial charge in [-0.05, 0) is 17.5 Å². The van der Waals surface area contributed by atoms with Gasteiger partial charge in [0, 0.05) is 12.4 Å². The lowest BCUT2D eigenvalue weighted by atomic mass is 10.6. The normalized spacial score (nSPS) is 9.44. The predicted molar refractivity (Wildman–Crippen MR) is 43.5 cm³/mol. The second kappa shape index (κ2) is 3.75. The van der Waals surface area contributed by atoms with Crippen molar-refractivity contribution in [3.63, 3.8) is 0 Å². The van der Waals surface area contributed by atoms with Crippen LogP contribution in [0.2, 0.25) is 0 Å². The van der Waals surface area contributed by atoms with E-state index in [4.69, 9.17) is 11.6 Å². The molecule has 1 aromatic heterocycles. The maximum absolute atomic E-state index is 5.46. The molecule has 0 radical (unpaired) electrons. The molecule has 1 heterocycles. The highest BCUT2D eigenvalue weighted by molar-refractivity contribution is 7.14. The quantitative estimate of drug-likeness (QED) is 0.672. The van der Waals surface area contributed by atoms with Gasteiger partial charge in [-0.1, -0.05) is 0 Å². The van der Waals surface area contributed by atoms with Crippen LogP contribution >= 0.6 is 22.9 Å². The summed E-state index contributed by atoms with van der Waals surface area (Å²) >= 11 is 7.15. The van der Waals surface area contributed by atoms with E-state index in [-0.39, 0.29) is 0 Å². The van der Waals surface area contributed by atoms with Crippen LogP contribution in [0.3, 0.4) is 0 Å². The van der Waals surface area contributed by atoms with Gasteiger partial charge in [0.2, 0.25) is 0 Å². The molecule has 0 spiro atoms. The molecule has 0 fully saturated rings. The molecule has 1 nitrogen and oxygen atoms in total. The van der Waals surface area contributed by atoms with Gasteiger partial charge in [0.15, 0.2) is 0 Å². The topological polar surface area (TPSA) is 12.0 Å². The highest BCUT2D eigenvalue weighted by Gasteiger charge is 1.87. The molecule has 1 N–H and O–H groups in total. The van der Waals surface area contributed by atoms with Crippen LogP contribution in [0.4, 0.5) is 5.00 Å². The second-order valence-electron chi connectivity index (χ2n) is 1.59. The van der Waals surface area contributed by atoms with Crippen molar-refractivity contribution in [2.75, 3.05) is 17.7 Å². The van der Waals surface area contributed by atoms with Crippen LogP contribution in [0, 0.1) is 0 Å². The van der Waals surface area contributed by atoms with E-state index in [1.54, 1.807) is 11.3 Å². The van der Waals surface area contributed by atoms with E-state index < -0.39 is 0 Å². The van der Waals surface area contributed by atoms with Crippen LogP contribution in [-0.4, -0.2) is 12.4 Å². The monoisotopic (exact) mass is 161 g/mol. The van der Waals surface area contributed by atoms with Gasteiger partial charge in [-0.25, -0.2) is 0 Å². The van der Waals surface area contributed by atoms with E-state index in [0.717, 1.165) is 6.54 Å². The van der Waals surface area contributed by atoms with Gasteiger partial charge in [-0.2, -0.15) is 0 Å². The average Bonchev–Trinajstić information content (AvgIpc) is 2.34. The Bertz CT molecular complexity index is 150. The van der Waals surface area contributed by atoms with E-state index >= 15 is 0 Å². The Balaban J connectivity index is 2.30. The fourth-order valence-electron chi connectivity index (χ4n) is 0.550. The van der Waals surface area contributed by atoms with E-state index in [2.05, 4.69) is 5.32 Å². The minimum atomic E-state index is 0.665. The molecule has 1 aromatic rings. The first-order valence-corrected chi connectivity index (χ1v) is 4.18. The molecule has 0 atom stereocenters. The molecular weight excluding hydrogens is 154 g/mol. The molecule has 9 heavy (non-hydrogen) atoms. The number of hydrogen-bond donors (Lipinski definition) is 1. The number of rotatable bonds is 3. The van der Waals surface area contributed by atoms with Crippen molar-refractivity contribution in [2.45, 2.75) is 0 Å². The summed E-state index contributed by atoms with van der Waals surface area (Å²) < 4.78 is 0. The zero-order valence-corrected chi connectivity index (χ0v) is 6.50. The van der Waals surface area contributed by atoms with Crippen LogP contribution in [0.5, 0.6) is 0 Å². The minimum absolute atomic E-state index is 0.665. The van der Waals surface area contributed by atoms with Crippen molar-refractivity contribution in [3.05, 3.63) is 17.5 Å². The van der Waals surface area contributed by atoms with Crippen molar-refractivity contribution in [1.82, 2.24) is 0 Å². The van der Waals surface area contributed by atoms with Crippen molar-refractivity contribution in [3.8, 4) is 0 Å². The number of thiophene rings is 1. The molecule has 0 unspecified atom stereocenters. The van der Waals surface area contributed by atoms with E-state index in [0.29, 0.717) is 5.88 Å². The fraction of sp³-hybridized carbons (Fsp3) is 0.333. The van der Waals surface area contributed by atoms with Crippen molar-refractivity contribution in [2.24, 2.45) is 0 Å². The highest BCUT2D eigenvalue weighted by Crippen LogP contribution is 2.13.